The second kappa shape index (κ2) is 4.80. The molecule has 18 heavy (non-hydrogen) atoms. The normalized spacial score (nSPS) is 11.2. The maximum atomic E-state index is 12.8. The van der Waals surface area contributed by atoms with E-state index >= 15 is 0 Å². The number of hydrogen-bond acceptors (Lipinski definition) is 3. The highest BCUT2D eigenvalue weighted by atomic mass is 19.4. The Bertz CT molecular complexity index is 504. The van der Waals surface area contributed by atoms with Crippen molar-refractivity contribution < 1.29 is 27.5 Å². The van der Waals surface area contributed by atoms with Gasteiger partial charge in [-0.1, -0.05) is 0 Å². The lowest BCUT2D eigenvalue weighted by molar-refractivity contribution is -0.138. The van der Waals surface area contributed by atoms with Crippen LogP contribution < -0.4 is 0 Å². The van der Waals surface area contributed by atoms with Crippen molar-refractivity contribution in [2.24, 2.45) is 0 Å². The summed E-state index contributed by atoms with van der Waals surface area (Å²) in [6.45, 7) is 2.30. The number of benzene rings is 1. The molecule has 6 heteroatoms. The van der Waals surface area contributed by atoms with Gasteiger partial charge in [-0.25, -0.2) is 4.79 Å². The third-order valence-electron chi connectivity index (χ3n) is 2.52. The first-order chi connectivity index (χ1) is 8.18. The van der Waals surface area contributed by atoms with Gasteiger partial charge in [-0.3, -0.25) is 4.79 Å². The summed E-state index contributed by atoms with van der Waals surface area (Å²) in [7, 11) is 1.06. The maximum absolute atomic E-state index is 12.8. The Hall–Kier alpha value is -1.85. The first kappa shape index (κ1) is 14.2. The Balaban J connectivity index is 3.58. The van der Waals surface area contributed by atoms with Crippen LogP contribution in [0.2, 0.25) is 0 Å². The van der Waals surface area contributed by atoms with Crippen molar-refractivity contribution >= 4 is 11.8 Å². The van der Waals surface area contributed by atoms with Crippen LogP contribution in [0.3, 0.4) is 0 Å². The van der Waals surface area contributed by atoms with E-state index in [2.05, 4.69) is 4.74 Å². The third-order valence-corrected chi connectivity index (χ3v) is 2.52. The van der Waals surface area contributed by atoms with Gasteiger partial charge < -0.3 is 4.74 Å². The Morgan fingerprint density at radius 3 is 2.17 bits per heavy atom. The highest BCUT2D eigenvalue weighted by molar-refractivity contribution is 5.99. The zero-order valence-electron chi connectivity index (χ0n) is 10.0. The SMILES string of the molecule is COC(=O)c1cc(C(C)=O)cc(C(F)(F)F)c1C. The van der Waals surface area contributed by atoms with Gasteiger partial charge in [-0.15, -0.1) is 0 Å². The summed E-state index contributed by atoms with van der Waals surface area (Å²) in [5.74, 6) is -1.45. The number of ketones is 1. The van der Waals surface area contributed by atoms with E-state index in [1.807, 2.05) is 0 Å². The highest BCUT2D eigenvalue weighted by Gasteiger charge is 2.35. The van der Waals surface area contributed by atoms with E-state index in [4.69, 9.17) is 0 Å². The van der Waals surface area contributed by atoms with Gasteiger partial charge in [-0.2, -0.15) is 13.2 Å². The quantitative estimate of drug-likeness (QED) is 0.606. The van der Waals surface area contributed by atoms with Gasteiger partial charge in [0.05, 0.1) is 18.2 Å². The molecule has 1 aromatic carbocycles. The van der Waals surface area contributed by atoms with Crippen molar-refractivity contribution in [2.75, 3.05) is 7.11 Å². The molecule has 0 unspecified atom stereocenters. The molecule has 0 aliphatic heterocycles. The van der Waals surface area contributed by atoms with Crippen molar-refractivity contribution in [3.63, 3.8) is 0 Å². The number of hydrogen-bond donors (Lipinski definition) is 0. The standard InChI is InChI=1S/C12H11F3O3/c1-6-9(11(17)18-3)4-8(7(2)16)5-10(6)12(13,14)15/h4-5H,1-3H3. The van der Waals surface area contributed by atoms with E-state index in [1.54, 1.807) is 0 Å². The summed E-state index contributed by atoms with van der Waals surface area (Å²) in [5.41, 5.74) is -1.68. The van der Waals surface area contributed by atoms with Crippen LogP contribution in [0.4, 0.5) is 13.2 Å². The van der Waals surface area contributed by atoms with Gasteiger partial charge in [0.2, 0.25) is 0 Å². The number of carbonyl (C=O) groups excluding carboxylic acids is 2. The minimum absolute atomic E-state index is 0.173. The summed E-state index contributed by atoms with van der Waals surface area (Å²) >= 11 is 0. The molecular weight excluding hydrogens is 249 g/mol. The summed E-state index contributed by atoms with van der Waals surface area (Å²) in [4.78, 5) is 22.6. The molecule has 1 rings (SSSR count). The fourth-order valence-corrected chi connectivity index (χ4v) is 1.53. The van der Waals surface area contributed by atoms with Crippen LogP contribution in [0, 0.1) is 6.92 Å². The number of carbonyl (C=O) groups is 2. The van der Waals surface area contributed by atoms with Gasteiger partial charge in [0.1, 0.15) is 0 Å². The molecule has 98 valence electrons. The number of halogens is 3. The third kappa shape index (κ3) is 2.69. The van der Waals surface area contributed by atoms with Crippen molar-refractivity contribution in [1.29, 1.82) is 0 Å². The Morgan fingerprint density at radius 1 is 1.22 bits per heavy atom. The number of rotatable bonds is 2. The van der Waals surface area contributed by atoms with Crippen LogP contribution in [0.15, 0.2) is 12.1 Å². The molecule has 0 aliphatic rings. The smallest absolute Gasteiger partial charge is 0.416 e. The molecule has 0 radical (unpaired) electrons. The molecule has 0 atom stereocenters. The lowest BCUT2D eigenvalue weighted by Gasteiger charge is -2.14. The average Bonchev–Trinajstić information content (AvgIpc) is 2.26. The minimum atomic E-state index is -4.63. The number of esters is 1. The molecule has 1 aromatic rings. The fraction of sp³-hybridized carbons (Fsp3) is 0.333. The molecule has 3 nitrogen and oxygen atoms in total. The van der Waals surface area contributed by atoms with Gasteiger partial charge >= 0.3 is 12.1 Å². The van der Waals surface area contributed by atoms with E-state index in [0.29, 0.717) is 0 Å². The van der Waals surface area contributed by atoms with Crippen molar-refractivity contribution in [3.8, 4) is 0 Å². The Kier molecular flexibility index (Phi) is 3.79. The molecule has 0 aliphatic carbocycles. The van der Waals surface area contributed by atoms with Crippen LogP contribution in [0.25, 0.3) is 0 Å². The Morgan fingerprint density at radius 2 is 1.78 bits per heavy atom. The first-order valence-corrected chi connectivity index (χ1v) is 4.99. The van der Waals surface area contributed by atoms with Crippen molar-refractivity contribution in [1.82, 2.24) is 0 Å². The predicted molar refractivity (Wildman–Crippen MR) is 57.5 cm³/mol. The van der Waals surface area contributed by atoms with Crippen LogP contribution in [-0.4, -0.2) is 18.9 Å². The fourth-order valence-electron chi connectivity index (χ4n) is 1.53. The molecule has 0 bridgehead atoms. The van der Waals surface area contributed by atoms with E-state index in [-0.39, 0.29) is 16.7 Å². The second-order valence-electron chi connectivity index (χ2n) is 3.74. The van der Waals surface area contributed by atoms with Gasteiger partial charge in [0.15, 0.2) is 5.78 Å². The van der Waals surface area contributed by atoms with E-state index < -0.39 is 23.5 Å². The van der Waals surface area contributed by atoms with Crippen molar-refractivity contribution in [2.45, 2.75) is 20.0 Å². The topological polar surface area (TPSA) is 43.4 Å². The van der Waals surface area contributed by atoms with Crippen LogP contribution in [0.1, 0.15) is 38.8 Å². The summed E-state index contributed by atoms with van der Waals surface area (Å²) in [6.07, 6.45) is -4.63. The zero-order valence-corrected chi connectivity index (χ0v) is 10.0. The number of Topliss-reactive ketones (excluding diaryl/α,β-unsaturated/α-hetero) is 1. The van der Waals surface area contributed by atoms with E-state index in [1.165, 1.54) is 6.92 Å². The van der Waals surface area contributed by atoms with E-state index in [0.717, 1.165) is 26.2 Å². The van der Waals surface area contributed by atoms with Crippen LogP contribution in [0.5, 0.6) is 0 Å². The zero-order chi connectivity index (χ0) is 14.1. The van der Waals surface area contributed by atoms with Crippen molar-refractivity contribution in [3.05, 3.63) is 34.4 Å². The summed E-state index contributed by atoms with van der Waals surface area (Å²) in [6, 6.07) is 1.85. The molecule has 0 saturated carbocycles. The molecule has 0 heterocycles. The number of alkyl halides is 3. The van der Waals surface area contributed by atoms with Crippen LogP contribution >= 0.6 is 0 Å². The number of ether oxygens (including phenoxy) is 1. The van der Waals surface area contributed by atoms with Gasteiger partial charge in [0.25, 0.3) is 0 Å². The second-order valence-corrected chi connectivity index (χ2v) is 3.74. The Labute approximate surface area is 102 Å². The van der Waals surface area contributed by atoms with E-state index in [9.17, 15) is 22.8 Å². The molecule has 0 aromatic heterocycles. The lowest BCUT2D eigenvalue weighted by atomic mass is 9.96. The lowest BCUT2D eigenvalue weighted by Crippen LogP contribution is -2.14. The average molecular weight is 260 g/mol. The van der Waals surface area contributed by atoms with Gasteiger partial charge in [-0.05, 0) is 31.5 Å². The minimum Gasteiger partial charge on any atom is -0.465 e. The number of methoxy groups -OCH3 is 1. The highest BCUT2D eigenvalue weighted by Crippen LogP contribution is 2.34. The molecule has 0 N–H and O–H groups in total. The molecule has 0 spiro atoms. The molecule has 0 saturated heterocycles. The molecular formula is C12H11F3O3. The van der Waals surface area contributed by atoms with Gasteiger partial charge in [0, 0.05) is 5.56 Å². The molecule has 0 fully saturated rings. The first-order valence-electron chi connectivity index (χ1n) is 4.99. The summed E-state index contributed by atoms with van der Waals surface area (Å²) in [5, 5.41) is 0. The van der Waals surface area contributed by atoms with Crippen LogP contribution in [-0.2, 0) is 10.9 Å². The maximum Gasteiger partial charge on any atom is 0.416 e. The molecule has 0 amide bonds. The largest absolute Gasteiger partial charge is 0.465 e. The monoisotopic (exact) mass is 260 g/mol. The predicted octanol–water partition coefficient (Wildman–Crippen LogP) is 3.00. The summed E-state index contributed by atoms with van der Waals surface area (Å²) < 4.78 is 42.7.